The maximum absolute atomic E-state index is 5.73. The maximum Gasteiger partial charge on any atom is 0.0991 e. The summed E-state index contributed by atoms with van der Waals surface area (Å²) >= 11 is 1.71. The highest BCUT2D eigenvalue weighted by Crippen LogP contribution is 2.13. The normalized spacial score (nSPS) is 12.9. The summed E-state index contributed by atoms with van der Waals surface area (Å²) in [5.74, 6) is 0. The van der Waals surface area contributed by atoms with E-state index in [1.165, 1.54) is 5.01 Å². The molecule has 0 radical (unpaired) electrons. The van der Waals surface area contributed by atoms with Crippen molar-refractivity contribution in [2.75, 3.05) is 0 Å². The molecule has 0 aliphatic carbocycles. The monoisotopic (exact) mass is 251 g/mol. The number of rotatable bonds is 5. The minimum atomic E-state index is -0.0742. The Balaban J connectivity index is 2.03. The third kappa shape index (κ3) is 3.10. The second kappa shape index (κ2) is 5.37. The highest BCUT2D eigenvalue weighted by molar-refractivity contribution is 7.09. The Morgan fingerprint density at radius 2 is 2.35 bits per heavy atom. The number of thiazole rings is 1. The Morgan fingerprint density at radius 1 is 1.53 bits per heavy atom. The summed E-state index contributed by atoms with van der Waals surface area (Å²) in [6, 6.07) is -0.0742. The van der Waals surface area contributed by atoms with E-state index in [0.29, 0.717) is 6.54 Å². The van der Waals surface area contributed by atoms with Gasteiger partial charge in [0.15, 0.2) is 0 Å². The van der Waals surface area contributed by atoms with E-state index in [4.69, 9.17) is 5.73 Å². The van der Waals surface area contributed by atoms with Crippen LogP contribution in [-0.4, -0.2) is 20.0 Å². The van der Waals surface area contributed by atoms with Crippen molar-refractivity contribution in [1.29, 1.82) is 0 Å². The first-order valence-electron chi connectivity index (χ1n) is 5.78. The summed E-state index contributed by atoms with van der Waals surface area (Å²) < 4.78 is 1.78. The Labute approximate surface area is 105 Å². The number of hydrogen-bond donors (Lipinski definition) is 1. The van der Waals surface area contributed by atoms with Crippen LogP contribution in [-0.2, 0) is 13.0 Å². The lowest BCUT2D eigenvalue weighted by Crippen LogP contribution is -2.05. The highest BCUT2D eigenvalue weighted by atomic mass is 32.1. The smallest absolute Gasteiger partial charge is 0.0991 e. The van der Waals surface area contributed by atoms with Crippen LogP contribution in [0.15, 0.2) is 11.6 Å². The third-order valence-corrected chi connectivity index (χ3v) is 3.37. The summed E-state index contributed by atoms with van der Waals surface area (Å²) in [4.78, 5) is 4.55. The standard InChI is InChI=1S/C11H17N5S/c1-3-4-11-13-9(7-17-11)5-16-6-10(8(2)12)14-15-16/h6-8H,3-5,12H2,1-2H3. The Kier molecular flexibility index (Phi) is 3.86. The average Bonchev–Trinajstić information content (AvgIpc) is 2.89. The van der Waals surface area contributed by atoms with Crippen molar-refractivity contribution in [2.24, 2.45) is 5.73 Å². The largest absolute Gasteiger partial charge is 0.323 e. The minimum absolute atomic E-state index is 0.0742. The average molecular weight is 251 g/mol. The second-order valence-electron chi connectivity index (χ2n) is 4.11. The summed E-state index contributed by atoms with van der Waals surface area (Å²) in [6.45, 7) is 4.73. The molecule has 2 aromatic rings. The molecule has 0 amide bonds. The van der Waals surface area contributed by atoms with Crippen LogP contribution in [0.4, 0.5) is 0 Å². The van der Waals surface area contributed by atoms with Crippen LogP contribution in [0, 0.1) is 0 Å². The van der Waals surface area contributed by atoms with Crippen molar-refractivity contribution in [2.45, 2.75) is 39.3 Å². The molecule has 17 heavy (non-hydrogen) atoms. The van der Waals surface area contributed by atoms with Gasteiger partial charge in [-0.2, -0.15) is 0 Å². The molecular weight excluding hydrogens is 234 g/mol. The van der Waals surface area contributed by atoms with Gasteiger partial charge in [-0.25, -0.2) is 9.67 Å². The number of nitrogens with zero attached hydrogens (tertiary/aromatic N) is 4. The molecule has 2 aromatic heterocycles. The first-order valence-corrected chi connectivity index (χ1v) is 6.66. The fraction of sp³-hybridized carbons (Fsp3) is 0.545. The molecule has 6 heteroatoms. The summed E-state index contributed by atoms with van der Waals surface area (Å²) in [6.07, 6.45) is 4.06. The fourth-order valence-corrected chi connectivity index (χ4v) is 2.41. The molecule has 2 heterocycles. The first-order chi connectivity index (χ1) is 8.19. The van der Waals surface area contributed by atoms with E-state index in [1.807, 2.05) is 13.1 Å². The van der Waals surface area contributed by atoms with Crippen LogP contribution >= 0.6 is 11.3 Å². The van der Waals surface area contributed by atoms with Gasteiger partial charge in [-0.1, -0.05) is 12.1 Å². The molecule has 0 saturated heterocycles. The third-order valence-electron chi connectivity index (χ3n) is 2.41. The molecule has 2 N–H and O–H groups in total. The van der Waals surface area contributed by atoms with E-state index in [-0.39, 0.29) is 6.04 Å². The molecule has 0 bridgehead atoms. The number of aryl methyl sites for hydroxylation is 1. The van der Waals surface area contributed by atoms with Crippen molar-refractivity contribution in [1.82, 2.24) is 20.0 Å². The van der Waals surface area contributed by atoms with Crippen LogP contribution in [0.2, 0.25) is 0 Å². The van der Waals surface area contributed by atoms with Crippen LogP contribution in [0.3, 0.4) is 0 Å². The van der Waals surface area contributed by atoms with Crippen LogP contribution in [0.5, 0.6) is 0 Å². The zero-order valence-electron chi connectivity index (χ0n) is 10.1. The summed E-state index contributed by atoms with van der Waals surface area (Å²) in [5.41, 5.74) is 7.59. The number of hydrogen-bond acceptors (Lipinski definition) is 5. The molecule has 0 fully saturated rings. The van der Waals surface area contributed by atoms with E-state index in [9.17, 15) is 0 Å². The molecule has 0 aliphatic heterocycles. The fourth-order valence-electron chi connectivity index (χ4n) is 1.52. The van der Waals surface area contributed by atoms with Crippen LogP contribution in [0.25, 0.3) is 0 Å². The molecule has 0 aromatic carbocycles. The van der Waals surface area contributed by atoms with Crippen molar-refractivity contribution in [3.8, 4) is 0 Å². The van der Waals surface area contributed by atoms with Crippen molar-refractivity contribution < 1.29 is 0 Å². The predicted molar refractivity (Wildman–Crippen MR) is 67.8 cm³/mol. The molecular formula is C11H17N5S. The molecule has 0 saturated carbocycles. The van der Waals surface area contributed by atoms with E-state index >= 15 is 0 Å². The zero-order chi connectivity index (χ0) is 12.3. The van der Waals surface area contributed by atoms with Gasteiger partial charge in [0.25, 0.3) is 0 Å². The van der Waals surface area contributed by atoms with Gasteiger partial charge < -0.3 is 5.73 Å². The molecule has 1 atom stereocenters. The lowest BCUT2D eigenvalue weighted by atomic mass is 10.3. The van der Waals surface area contributed by atoms with Crippen molar-refractivity contribution >= 4 is 11.3 Å². The number of aromatic nitrogens is 4. The maximum atomic E-state index is 5.73. The van der Waals surface area contributed by atoms with Gasteiger partial charge in [0, 0.05) is 11.4 Å². The highest BCUT2D eigenvalue weighted by Gasteiger charge is 2.07. The SMILES string of the molecule is CCCc1nc(Cn2cc(C(C)N)nn2)cs1. The van der Waals surface area contributed by atoms with Gasteiger partial charge in [0.1, 0.15) is 0 Å². The van der Waals surface area contributed by atoms with Crippen LogP contribution < -0.4 is 5.73 Å². The minimum Gasteiger partial charge on any atom is -0.323 e. The van der Waals surface area contributed by atoms with Gasteiger partial charge in [-0.3, -0.25) is 0 Å². The van der Waals surface area contributed by atoms with Gasteiger partial charge >= 0.3 is 0 Å². The zero-order valence-corrected chi connectivity index (χ0v) is 10.9. The van der Waals surface area contributed by atoms with Gasteiger partial charge in [0.2, 0.25) is 0 Å². The molecule has 1 unspecified atom stereocenters. The lowest BCUT2D eigenvalue weighted by molar-refractivity contribution is 0.638. The predicted octanol–water partition coefficient (Wildman–Crippen LogP) is 1.76. The molecule has 92 valence electrons. The lowest BCUT2D eigenvalue weighted by Gasteiger charge is -1.97. The first kappa shape index (κ1) is 12.2. The van der Waals surface area contributed by atoms with E-state index < -0.39 is 0 Å². The molecule has 0 spiro atoms. The van der Waals surface area contributed by atoms with Crippen molar-refractivity contribution in [3.05, 3.63) is 28.0 Å². The van der Waals surface area contributed by atoms with Crippen molar-refractivity contribution in [3.63, 3.8) is 0 Å². The van der Waals surface area contributed by atoms with E-state index in [1.54, 1.807) is 16.0 Å². The topological polar surface area (TPSA) is 69.6 Å². The van der Waals surface area contributed by atoms with Gasteiger partial charge in [-0.15, -0.1) is 16.4 Å². The Bertz CT molecular complexity index is 474. The molecule has 2 rings (SSSR count). The molecule has 5 nitrogen and oxygen atoms in total. The summed E-state index contributed by atoms with van der Waals surface area (Å²) in [5, 5.41) is 11.3. The second-order valence-corrected chi connectivity index (χ2v) is 5.05. The molecule has 0 aliphatic rings. The van der Waals surface area contributed by atoms with E-state index in [2.05, 4.69) is 27.6 Å². The van der Waals surface area contributed by atoms with Gasteiger partial charge in [-0.05, 0) is 19.8 Å². The van der Waals surface area contributed by atoms with E-state index in [0.717, 1.165) is 24.2 Å². The summed E-state index contributed by atoms with van der Waals surface area (Å²) in [7, 11) is 0. The van der Waals surface area contributed by atoms with Gasteiger partial charge in [0.05, 0.1) is 29.1 Å². The Morgan fingerprint density at radius 3 is 3.00 bits per heavy atom. The quantitative estimate of drug-likeness (QED) is 0.879. The number of nitrogens with two attached hydrogens (primary N) is 1. The van der Waals surface area contributed by atoms with Crippen LogP contribution in [0.1, 0.15) is 42.7 Å². The Hall–Kier alpha value is -1.27.